The van der Waals surface area contributed by atoms with Gasteiger partial charge in [0, 0.05) is 49.9 Å². The van der Waals surface area contributed by atoms with Gasteiger partial charge in [-0.1, -0.05) is 64.1 Å². The minimum absolute atomic E-state index is 0.105. The fourth-order valence-electron chi connectivity index (χ4n) is 9.64. The summed E-state index contributed by atoms with van der Waals surface area (Å²) in [5, 5.41) is 9.49. The van der Waals surface area contributed by atoms with Crippen molar-refractivity contribution in [2.24, 2.45) is 23.7 Å². The van der Waals surface area contributed by atoms with E-state index in [-0.39, 0.29) is 47.6 Å². The van der Waals surface area contributed by atoms with Crippen LogP contribution in [-0.4, -0.2) is 121 Å². The number of imidazole rings is 2. The van der Waals surface area contributed by atoms with Crippen LogP contribution in [0, 0.1) is 23.7 Å². The predicted molar refractivity (Wildman–Crippen MR) is 243 cm³/mol. The van der Waals surface area contributed by atoms with Crippen LogP contribution in [0.25, 0.3) is 54.7 Å². The van der Waals surface area contributed by atoms with E-state index in [2.05, 4.69) is 69.1 Å². The maximum absolute atomic E-state index is 14.0. The summed E-state index contributed by atoms with van der Waals surface area (Å²) in [6.45, 7) is 9.56. The van der Waals surface area contributed by atoms with Crippen LogP contribution < -0.4 is 10.6 Å². The van der Waals surface area contributed by atoms with Crippen molar-refractivity contribution in [3.63, 3.8) is 0 Å². The van der Waals surface area contributed by atoms with E-state index in [0.29, 0.717) is 50.8 Å². The van der Waals surface area contributed by atoms with Gasteiger partial charge < -0.3 is 49.3 Å². The second kappa shape index (κ2) is 18.5. The number of carbonyl (C=O) groups is 4. The molecule has 2 aliphatic heterocycles. The van der Waals surface area contributed by atoms with Gasteiger partial charge in [0.1, 0.15) is 23.7 Å². The zero-order chi connectivity index (χ0) is 45.4. The first-order valence-electron chi connectivity index (χ1n) is 21.9. The van der Waals surface area contributed by atoms with Gasteiger partial charge in [0.05, 0.1) is 61.6 Å². The van der Waals surface area contributed by atoms with E-state index in [1.165, 1.54) is 14.2 Å². The number of fused-ring (bicyclic) bond motifs is 6. The number of benzene rings is 4. The van der Waals surface area contributed by atoms with Gasteiger partial charge in [-0.05, 0) is 70.8 Å². The van der Waals surface area contributed by atoms with Crippen molar-refractivity contribution >= 4 is 67.6 Å². The Morgan fingerprint density at radius 1 is 0.625 bits per heavy atom. The molecule has 338 valence electrons. The van der Waals surface area contributed by atoms with Gasteiger partial charge in [-0.3, -0.25) is 9.59 Å². The summed E-state index contributed by atoms with van der Waals surface area (Å²) >= 11 is 0. The summed E-state index contributed by atoms with van der Waals surface area (Å²) in [5.41, 5.74) is 5.47. The molecule has 6 atom stereocenters. The van der Waals surface area contributed by atoms with E-state index in [0.717, 1.165) is 54.7 Å². The minimum Gasteiger partial charge on any atom is -0.453 e. The van der Waals surface area contributed by atoms with Crippen molar-refractivity contribution in [2.75, 3.05) is 54.7 Å². The number of likely N-dealkylation sites (tertiary alicyclic amines) is 2. The SMILES string of the molecule is COC[C@H]1C[C@@H](c2nc3c(ccc4cc(-c5ccc6c(ccc7[nH]c([C@@H]8C[C@H](COC)CN8C(=O)[C@@H](NC(=O)OC)C(C)C)nc76)c5)ccc43)[nH]2)N(C(=O)[C@@H](NC(=O)OC)C(C)C)C1. The number of hydrogen-bond acceptors (Lipinski definition) is 10. The number of carbonyl (C=O) groups excluding carboxylic acids is 4. The molecule has 0 bridgehead atoms. The van der Waals surface area contributed by atoms with Crippen molar-refractivity contribution in [3.8, 4) is 11.1 Å². The van der Waals surface area contributed by atoms with Gasteiger partial charge in [0.25, 0.3) is 0 Å². The number of amides is 4. The third-order valence-corrected chi connectivity index (χ3v) is 12.9. The van der Waals surface area contributed by atoms with Crippen LogP contribution in [0.4, 0.5) is 9.59 Å². The van der Waals surface area contributed by atoms with Gasteiger partial charge in [-0.2, -0.15) is 0 Å². The van der Waals surface area contributed by atoms with E-state index < -0.39 is 24.3 Å². The number of hydrogen-bond donors (Lipinski definition) is 4. The number of nitrogens with one attached hydrogen (secondary N) is 4. The van der Waals surface area contributed by atoms with Crippen LogP contribution in [0.1, 0.15) is 64.3 Å². The molecule has 6 aromatic rings. The Morgan fingerprint density at radius 2 is 1.03 bits per heavy atom. The quantitative estimate of drug-likeness (QED) is 0.0919. The highest BCUT2D eigenvalue weighted by Crippen LogP contribution is 2.40. The molecule has 16 heteroatoms. The maximum Gasteiger partial charge on any atom is 0.407 e. The molecular weight excluding hydrogens is 817 g/mol. The maximum atomic E-state index is 14.0. The van der Waals surface area contributed by atoms with Crippen LogP contribution >= 0.6 is 0 Å². The minimum atomic E-state index is -0.755. The summed E-state index contributed by atoms with van der Waals surface area (Å²) in [5.74, 6) is 0.914. The molecule has 16 nitrogen and oxygen atoms in total. The van der Waals surface area contributed by atoms with Gasteiger partial charge in [0.2, 0.25) is 11.8 Å². The third kappa shape index (κ3) is 8.55. The molecule has 4 heterocycles. The smallest absolute Gasteiger partial charge is 0.407 e. The van der Waals surface area contributed by atoms with Crippen LogP contribution in [0.3, 0.4) is 0 Å². The Kier molecular flexibility index (Phi) is 12.8. The third-order valence-electron chi connectivity index (χ3n) is 12.9. The lowest BCUT2D eigenvalue weighted by atomic mass is 9.98. The highest BCUT2D eigenvalue weighted by atomic mass is 16.5. The molecule has 0 saturated carbocycles. The molecule has 0 radical (unpaired) electrons. The van der Waals surface area contributed by atoms with E-state index in [4.69, 9.17) is 28.9 Å². The number of ether oxygens (including phenoxy) is 4. The Morgan fingerprint density at radius 3 is 1.39 bits per heavy atom. The fourth-order valence-corrected chi connectivity index (χ4v) is 9.64. The number of nitrogens with zero attached hydrogens (tertiary/aromatic N) is 4. The number of aromatic nitrogens is 4. The number of aromatic amines is 2. The van der Waals surface area contributed by atoms with E-state index in [9.17, 15) is 19.2 Å². The summed E-state index contributed by atoms with van der Waals surface area (Å²) in [6, 6.07) is 18.8. The first-order valence-corrected chi connectivity index (χ1v) is 21.9. The topological polar surface area (TPSA) is 193 Å². The highest BCUT2D eigenvalue weighted by Gasteiger charge is 2.43. The van der Waals surface area contributed by atoms with Gasteiger partial charge >= 0.3 is 12.2 Å². The fraction of sp³-hybridized carbons (Fsp3) is 0.458. The number of rotatable bonds is 13. The van der Waals surface area contributed by atoms with Crippen LogP contribution in [0.2, 0.25) is 0 Å². The summed E-state index contributed by atoms with van der Waals surface area (Å²) in [4.78, 5) is 73.5. The molecular formula is C48H58N8O8. The van der Waals surface area contributed by atoms with Crippen molar-refractivity contribution in [2.45, 2.75) is 64.7 Å². The van der Waals surface area contributed by atoms with E-state index in [1.54, 1.807) is 14.2 Å². The van der Waals surface area contributed by atoms with Crippen molar-refractivity contribution in [1.82, 2.24) is 40.4 Å². The summed E-state index contributed by atoms with van der Waals surface area (Å²) < 4.78 is 20.7. The normalized spacial score (nSPS) is 19.9. The molecule has 0 spiro atoms. The lowest BCUT2D eigenvalue weighted by Gasteiger charge is -2.30. The van der Waals surface area contributed by atoms with Crippen molar-refractivity contribution in [1.29, 1.82) is 0 Å². The van der Waals surface area contributed by atoms with Gasteiger partial charge in [-0.25, -0.2) is 19.6 Å². The number of alkyl carbamates (subject to hydrolysis) is 2. The molecule has 4 aromatic carbocycles. The average molecular weight is 875 g/mol. The zero-order valence-electron chi connectivity index (χ0n) is 37.7. The number of H-pyrrole nitrogens is 2. The lowest BCUT2D eigenvalue weighted by Crippen LogP contribution is -2.51. The monoisotopic (exact) mass is 874 g/mol. The first-order chi connectivity index (χ1) is 30.8. The Bertz CT molecular complexity index is 2530. The Hall–Kier alpha value is -6.26. The Labute approximate surface area is 371 Å². The summed E-state index contributed by atoms with van der Waals surface area (Å²) in [7, 11) is 5.90. The average Bonchev–Trinajstić information content (AvgIpc) is 4.11. The standard InChI is InChI=1S/C48H58N8O8/c1-25(2)39(53-47(59)63-7)45(57)55-21-27(23-61-5)17-37(55)43-49-35-15-11-31-19-29(9-13-33(31)41(35)51-43)30-10-14-34-32(20-30)12-16-36-42(34)52-44(50-36)38-18-28(24-62-6)22-56(38)46(58)40(26(3)4)54-48(60)64-8/h9-16,19-20,25-28,37-40H,17-18,21-24H2,1-8H3,(H,49,51)(H,50,52)(H,53,59)(H,54,60)/t27-,28-,37-,38-,39-,40-/m0/s1. The highest BCUT2D eigenvalue weighted by molar-refractivity contribution is 6.07. The number of methoxy groups -OCH3 is 4. The molecule has 2 fully saturated rings. The Balaban J connectivity index is 1.07. The molecule has 0 aliphatic carbocycles. The second-order valence-electron chi connectivity index (χ2n) is 17.9. The molecule has 0 unspecified atom stereocenters. The predicted octanol–water partition coefficient (Wildman–Crippen LogP) is 7.25. The molecule has 2 aromatic heterocycles. The van der Waals surface area contributed by atoms with E-state index >= 15 is 0 Å². The summed E-state index contributed by atoms with van der Waals surface area (Å²) in [6.07, 6.45) is 0.0407. The van der Waals surface area contributed by atoms with Gasteiger partial charge in [0.15, 0.2) is 0 Å². The van der Waals surface area contributed by atoms with E-state index in [1.807, 2.05) is 49.6 Å². The van der Waals surface area contributed by atoms with Crippen molar-refractivity contribution < 1.29 is 38.1 Å². The first kappa shape index (κ1) is 44.4. The van der Waals surface area contributed by atoms with Crippen molar-refractivity contribution in [3.05, 3.63) is 72.3 Å². The zero-order valence-corrected chi connectivity index (χ0v) is 37.7. The van der Waals surface area contributed by atoms with Gasteiger partial charge in [-0.15, -0.1) is 0 Å². The second-order valence-corrected chi connectivity index (χ2v) is 17.9. The molecule has 8 rings (SSSR count). The molecule has 4 amide bonds. The van der Waals surface area contributed by atoms with Crippen LogP contribution in [0.5, 0.6) is 0 Å². The molecule has 4 N–H and O–H groups in total. The molecule has 64 heavy (non-hydrogen) atoms. The molecule has 2 aliphatic rings. The largest absolute Gasteiger partial charge is 0.453 e. The molecule has 2 saturated heterocycles. The van der Waals surface area contributed by atoms with Crippen LogP contribution in [-0.2, 0) is 28.5 Å². The lowest BCUT2D eigenvalue weighted by molar-refractivity contribution is -0.136. The van der Waals surface area contributed by atoms with Crippen LogP contribution in [0.15, 0.2) is 60.7 Å².